The summed E-state index contributed by atoms with van der Waals surface area (Å²) in [6.45, 7) is 9.92. The molecule has 0 aliphatic rings. The van der Waals surface area contributed by atoms with E-state index in [4.69, 9.17) is 9.31 Å². The minimum absolute atomic E-state index is 0.170. The second kappa shape index (κ2) is 6.58. The van der Waals surface area contributed by atoms with Gasteiger partial charge in [0.05, 0.1) is 0 Å². The van der Waals surface area contributed by atoms with Crippen molar-refractivity contribution in [1.29, 1.82) is 0 Å². The summed E-state index contributed by atoms with van der Waals surface area (Å²) >= 11 is 0. The first kappa shape index (κ1) is 9.46. The molecule has 0 aliphatic carbocycles. The predicted octanol–water partition coefficient (Wildman–Crippen LogP) is 1.51. The van der Waals surface area contributed by atoms with Crippen LogP contribution in [0.1, 0.15) is 0 Å². The number of hydrogen-bond acceptors (Lipinski definition) is 2. The van der Waals surface area contributed by atoms with Gasteiger partial charge in [-0.2, -0.15) is 0 Å². The summed E-state index contributed by atoms with van der Waals surface area (Å²) in [4.78, 5) is 0. The molecule has 0 rings (SSSR count). The van der Waals surface area contributed by atoms with E-state index in [-0.39, 0.29) is 7.12 Å². The summed E-state index contributed by atoms with van der Waals surface area (Å²) in [5.41, 5.74) is 0. The topological polar surface area (TPSA) is 18.5 Å². The summed E-state index contributed by atoms with van der Waals surface area (Å²) < 4.78 is 10.2. The highest BCUT2D eigenvalue weighted by Crippen LogP contribution is 1.88. The molecule has 0 N–H and O–H groups in total. The zero-order valence-electron chi connectivity index (χ0n) is 6.38. The molecule has 56 valence electrons. The third kappa shape index (κ3) is 5.60. The molecule has 0 fully saturated rings. The molecule has 0 unspecified atom stereocenters. The Morgan fingerprint density at radius 2 is 1.60 bits per heavy atom. The maximum absolute atomic E-state index is 5.11. The Morgan fingerprint density at radius 1 is 1.20 bits per heavy atom. The van der Waals surface area contributed by atoms with Gasteiger partial charge in [-0.1, -0.05) is 12.2 Å². The van der Waals surface area contributed by atoms with Crippen LogP contribution in [0.4, 0.5) is 0 Å². The highest BCUT2D eigenvalue weighted by Gasteiger charge is 2.06. The summed E-state index contributed by atoms with van der Waals surface area (Å²) in [5.74, 6) is 0. The summed E-state index contributed by atoms with van der Waals surface area (Å²) in [7, 11) is -0.170. The fourth-order valence-electron chi connectivity index (χ4n) is 0.455. The van der Waals surface area contributed by atoms with Gasteiger partial charge in [-0.05, 0) is 6.82 Å². The van der Waals surface area contributed by atoms with Crippen LogP contribution >= 0.6 is 0 Å². The number of rotatable bonds is 6. The molecule has 0 radical (unpaired) electrons. The van der Waals surface area contributed by atoms with Gasteiger partial charge >= 0.3 is 7.12 Å². The standard InChI is InChI=1S/C7H13BO2/c1-4-6-9-8(3)10-7-5-2/h4-5H,1-2,6-7H2,3H3. The van der Waals surface area contributed by atoms with Gasteiger partial charge in [-0.3, -0.25) is 0 Å². The highest BCUT2D eigenvalue weighted by atomic mass is 16.6. The molecule has 0 atom stereocenters. The molecule has 0 aromatic heterocycles. The van der Waals surface area contributed by atoms with Crippen molar-refractivity contribution in [2.24, 2.45) is 0 Å². The van der Waals surface area contributed by atoms with E-state index >= 15 is 0 Å². The molecular formula is C7H13BO2. The van der Waals surface area contributed by atoms with Crippen molar-refractivity contribution in [2.45, 2.75) is 6.82 Å². The van der Waals surface area contributed by atoms with Gasteiger partial charge in [0.1, 0.15) is 0 Å². The zero-order chi connectivity index (χ0) is 7.82. The Labute approximate surface area is 62.7 Å². The lowest BCUT2D eigenvalue weighted by atomic mass is 9.95. The van der Waals surface area contributed by atoms with Gasteiger partial charge in [0.15, 0.2) is 0 Å². The monoisotopic (exact) mass is 140 g/mol. The molecule has 0 bridgehead atoms. The Hall–Kier alpha value is -0.535. The zero-order valence-corrected chi connectivity index (χ0v) is 6.38. The highest BCUT2D eigenvalue weighted by molar-refractivity contribution is 6.42. The molecule has 10 heavy (non-hydrogen) atoms. The van der Waals surface area contributed by atoms with Crippen LogP contribution in [0.25, 0.3) is 0 Å². The quantitative estimate of drug-likeness (QED) is 0.411. The van der Waals surface area contributed by atoms with E-state index in [0.29, 0.717) is 13.2 Å². The molecule has 0 aromatic carbocycles. The average Bonchev–Trinajstić information content (AvgIpc) is 1.97. The van der Waals surface area contributed by atoms with Crippen molar-refractivity contribution in [2.75, 3.05) is 13.2 Å². The molecule has 0 saturated heterocycles. The van der Waals surface area contributed by atoms with Crippen molar-refractivity contribution < 1.29 is 9.31 Å². The third-order valence-electron chi connectivity index (χ3n) is 0.898. The van der Waals surface area contributed by atoms with E-state index in [2.05, 4.69) is 13.2 Å². The van der Waals surface area contributed by atoms with E-state index in [1.54, 1.807) is 12.2 Å². The maximum atomic E-state index is 5.11. The first-order valence-electron chi connectivity index (χ1n) is 3.26. The van der Waals surface area contributed by atoms with Crippen molar-refractivity contribution in [3.8, 4) is 0 Å². The van der Waals surface area contributed by atoms with Crippen molar-refractivity contribution in [3.63, 3.8) is 0 Å². The fraction of sp³-hybridized carbons (Fsp3) is 0.429. The molecular weight excluding hydrogens is 127 g/mol. The summed E-state index contributed by atoms with van der Waals surface area (Å²) in [5, 5.41) is 0. The van der Waals surface area contributed by atoms with E-state index in [1.165, 1.54) is 0 Å². The predicted molar refractivity (Wildman–Crippen MR) is 43.9 cm³/mol. The van der Waals surface area contributed by atoms with E-state index in [0.717, 1.165) is 0 Å². The summed E-state index contributed by atoms with van der Waals surface area (Å²) in [6.07, 6.45) is 3.38. The summed E-state index contributed by atoms with van der Waals surface area (Å²) in [6, 6.07) is 0. The van der Waals surface area contributed by atoms with Crippen LogP contribution in [0.5, 0.6) is 0 Å². The van der Waals surface area contributed by atoms with Crippen LogP contribution in [-0.4, -0.2) is 20.3 Å². The van der Waals surface area contributed by atoms with Crippen LogP contribution in [0, 0.1) is 0 Å². The minimum Gasteiger partial charge on any atom is -0.408 e. The minimum atomic E-state index is -0.170. The maximum Gasteiger partial charge on any atom is 0.453 e. The second-order valence-corrected chi connectivity index (χ2v) is 1.81. The number of hydrogen-bond donors (Lipinski definition) is 0. The fourth-order valence-corrected chi connectivity index (χ4v) is 0.455. The average molecular weight is 140 g/mol. The Bertz CT molecular complexity index is 91.8. The molecule has 2 nitrogen and oxygen atoms in total. The largest absolute Gasteiger partial charge is 0.453 e. The van der Waals surface area contributed by atoms with Crippen molar-refractivity contribution in [1.82, 2.24) is 0 Å². The molecule has 0 heterocycles. The normalized spacial score (nSPS) is 8.90. The van der Waals surface area contributed by atoms with E-state index < -0.39 is 0 Å². The Morgan fingerprint density at radius 3 is 1.90 bits per heavy atom. The molecule has 3 heteroatoms. The SMILES string of the molecule is C=CCOB(C)OCC=C. The van der Waals surface area contributed by atoms with Crippen LogP contribution in [0.3, 0.4) is 0 Å². The smallest absolute Gasteiger partial charge is 0.408 e. The van der Waals surface area contributed by atoms with Gasteiger partial charge in [-0.25, -0.2) is 0 Å². The first-order chi connectivity index (χ1) is 4.81. The molecule has 0 aliphatic heterocycles. The van der Waals surface area contributed by atoms with E-state index in [9.17, 15) is 0 Å². The van der Waals surface area contributed by atoms with Crippen LogP contribution in [-0.2, 0) is 9.31 Å². The molecule has 0 amide bonds. The lowest BCUT2D eigenvalue weighted by Gasteiger charge is -2.05. The van der Waals surface area contributed by atoms with Gasteiger partial charge in [0.2, 0.25) is 0 Å². The van der Waals surface area contributed by atoms with Crippen LogP contribution < -0.4 is 0 Å². The van der Waals surface area contributed by atoms with Crippen LogP contribution in [0.2, 0.25) is 6.82 Å². The second-order valence-electron chi connectivity index (χ2n) is 1.81. The molecule has 0 saturated carbocycles. The lowest BCUT2D eigenvalue weighted by Crippen LogP contribution is -2.18. The Kier molecular flexibility index (Phi) is 6.23. The first-order valence-corrected chi connectivity index (χ1v) is 3.26. The lowest BCUT2D eigenvalue weighted by molar-refractivity contribution is 0.239. The van der Waals surface area contributed by atoms with Gasteiger partial charge in [0.25, 0.3) is 0 Å². The van der Waals surface area contributed by atoms with Crippen molar-refractivity contribution in [3.05, 3.63) is 25.3 Å². The van der Waals surface area contributed by atoms with E-state index in [1.807, 2.05) is 6.82 Å². The van der Waals surface area contributed by atoms with Gasteiger partial charge in [0, 0.05) is 13.2 Å². The molecule has 0 aromatic rings. The Balaban J connectivity index is 3.15. The third-order valence-corrected chi connectivity index (χ3v) is 0.898. The van der Waals surface area contributed by atoms with Crippen LogP contribution in [0.15, 0.2) is 25.3 Å². The van der Waals surface area contributed by atoms with Crippen molar-refractivity contribution >= 4 is 7.12 Å². The molecule has 0 spiro atoms. The van der Waals surface area contributed by atoms with Gasteiger partial charge < -0.3 is 9.31 Å². The van der Waals surface area contributed by atoms with Gasteiger partial charge in [-0.15, -0.1) is 13.2 Å².